The van der Waals surface area contributed by atoms with E-state index in [0.717, 1.165) is 0 Å². The van der Waals surface area contributed by atoms with E-state index in [2.05, 4.69) is 27.9 Å². The van der Waals surface area contributed by atoms with Crippen molar-refractivity contribution in [2.45, 2.75) is 123 Å². The maximum absolute atomic E-state index is 2.44. The first-order valence-corrected chi connectivity index (χ1v) is 11.4. The first-order chi connectivity index (χ1) is 11.6. The Hall–Kier alpha value is -0.0400. The third-order valence-electron chi connectivity index (χ3n) is 5.48. The molecule has 0 saturated heterocycles. The van der Waals surface area contributed by atoms with E-state index in [1.807, 2.05) is 0 Å². The minimum Gasteiger partial charge on any atom is -0.328 e. The van der Waals surface area contributed by atoms with Crippen molar-refractivity contribution in [1.82, 2.24) is 0 Å². The summed E-state index contributed by atoms with van der Waals surface area (Å²) in [7, 11) is 4.87. The smallest absolute Gasteiger partial charge is 0.0782 e. The molecule has 0 aliphatic heterocycles. The van der Waals surface area contributed by atoms with Gasteiger partial charge in [0.05, 0.1) is 27.2 Å². The van der Waals surface area contributed by atoms with Crippen LogP contribution in [0.2, 0.25) is 0 Å². The molecule has 0 rings (SSSR count). The Morgan fingerprint density at radius 3 is 0.917 bits per heavy atom. The molecule has 0 saturated carbocycles. The zero-order valence-corrected chi connectivity index (χ0v) is 17.9. The number of rotatable bonds is 19. The molecule has 0 bridgehead atoms. The van der Waals surface area contributed by atoms with E-state index in [1.54, 1.807) is 0 Å². The summed E-state index contributed by atoms with van der Waals surface area (Å²) in [5.41, 5.74) is 0. The van der Waals surface area contributed by atoms with Crippen LogP contribution in [0.5, 0.6) is 0 Å². The zero-order valence-electron chi connectivity index (χ0n) is 17.9. The third-order valence-corrected chi connectivity index (χ3v) is 5.48. The lowest BCUT2D eigenvalue weighted by atomic mass is 10.1. The van der Waals surface area contributed by atoms with Crippen LogP contribution in [0.3, 0.4) is 0 Å². The highest BCUT2D eigenvalue weighted by atomic mass is 15.3. The standard InChI is InChI=1S/C23H50N/c1-5-7-9-11-13-15-17-19-21-23-24(3,4)22-20-18-16-14-12-10-8-6-2/h5-23H2,1-4H3/q+1. The fourth-order valence-electron chi connectivity index (χ4n) is 3.64. The van der Waals surface area contributed by atoms with Crippen LogP contribution in [0.25, 0.3) is 0 Å². The molecule has 0 aromatic heterocycles. The van der Waals surface area contributed by atoms with Crippen LogP contribution in [0.1, 0.15) is 123 Å². The van der Waals surface area contributed by atoms with Crippen LogP contribution in [0.15, 0.2) is 0 Å². The Morgan fingerprint density at radius 1 is 0.375 bits per heavy atom. The lowest BCUT2D eigenvalue weighted by Gasteiger charge is -2.30. The van der Waals surface area contributed by atoms with Crippen molar-refractivity contribution >= 4 is 0 Å². The summed E-state index contributed by atoms with van der Waals surface area (Å²) in [6.45, 7) is 7.36. The summed E-state index contributed by atoms with van der Waals surface area (Å²) in [6, 6.07) is 0. The summed E-state index contributed by atoms with van der Waals surface area (Å²) in [4.78, 5) is 0. The fraction of sp³-hybridized carbons (Fsp3) is 1.00. The molecule has 0 atom stereocenters. The molecule has 0 spiro atoms. The molecule has 0 aromatic rings. The first kappa shape index (κ1) is 24.0. The summed E-state index contributed by atoms with van der Waals surface area (Å²) >= 11 is 0. The molecule has 146 valence electrons. The van der Waals surface area contributed by atoms with E-state index in [-0.39, 0.29) is 0 Å². The van der Waals surface area contributed by atoms with E-state index < -0.39 is 0 Å². The average molecular weight is 341 g/mol. The van der Waals surface area contributed by atoms with E-state index >= 15 is 0 Å². The fourth-order valence-corrected chi connectivity index (χ4v) is 3.64. The molecular weight excluding hydrogens is 290 g/mol. The molecule has 0 aliphatic rings. The van der Waals surface area contributed by atoms with Gasteiger partial charge < -0.3 is 4.48 Å². The minimum absolute atomic E-state index is 1.24. The maximum atomic E-state index is 2.44. The molecule has 0 N–H and O–H groups in total. The SMILES string of the molecule is CCCCCCCCCCC[N+](C)(C)CCCCCCCCCC. The highest BCUT2D eigenvalue weighted by Gasteiger charge is 2.13. The Bertz CT molecular complexity index is 234. The van der Waals surface area contributed by atoms with Crippen LogP contribution in [0.4, 0.5) is 0 Å². The van der Waals surface area contributed by atoms with Crippen molar-refractivity contribution in [2.75, 3.05) is 27.2 Å². The van der Waals surface area contributed by atoms with Crippen molar-refractivity contribution in [3.05, 3.63) is 0 Å². The second-order valence-corrected chi connectivity index (χ2v) is 8.69. The van der Waals surface area contributed by atoms with Crippen LogP contribution in [-0.2, 0) is 0 Å². The minimum atomic E-state index is 1.24. The van der Waals surface area contributed by atoms with Gasteiger partial charge in [-0.3, -0.25) is 0 Å². The lowest BCUT2D eigenvalue weighted by Crippen LogP contribution is -2.41. The Kier molecular flexibility index (Phi) is 17.7. The molecular formula is C23H50N+. The van der Waals surface area contributed by atoms with Gasteiger partial charge in [-0.25, -0.2) is 0 Å². The molecule has 0 amide bonds. The third kappa shape index (κ3) is 18.3. The monoisotopic (exact) mass is 340 g/mol. The van der Waals surface area contributed by atoms with Gasteiger partial charge in [0.1, 0.15) is 0 Å². The van der Waals surface area contributed by atoms with Gasteiger partial charge in [-0.15, -0.1) is 0 Å². The van der Waals surface area contributed by atoms with Gasteiger partial charge in [-0.05, 0) is 25.7 Å². The Balaban J connectivity index is 3.32. The molecule has 0 aliphatic carbocycles. The van der Waals surface area contributed by atoms with E-state index in [4.69, 9.17) is 0 Å². The molecule has 1 nitrogen and oxygen atoms in total. The van der Waals surface area contributed by atoms with Crippen molar-refractivity contribution < 1.29 is 4.48 Å². The number of hydrogen-bond donors (Lipinski definition) is 0. The van der Waals surface area contributed by atoms with Crippen LogP contribution in [0, 0.1) is 0 Å². The number of unbranched alkanes of at least 4 members (excludes halogenated alkanes) is 15. The zero-order chi connectivity index (χ0) is 17.9. The summed E-state index contributed by atoms with van der Waals surface area (Å²) in [6.07, 6.45) is 24.5. The van der Waals surface area contributed by atoms with Crippen molar-refractivity contribution in [3.63, 3.8) is 0 Å². The summed E-state index contributed by atoms with van der Waals surface area (Å²) < 4.78 is 1.24. The molecule has 1 heteroatoms. The van der Waals surface area contributed by atoms with Crippen LogP contribution < -0.4 is 0 Å². The van der Waals surface area contributed by atoms with Gasteiger partial charge in [0.25, 0.3) is 0 Å². The number of hydrogen-bond acceptors (Lipinski definition) is 0. The summed E-state index contributed by atoms with van der Waals surface area (Å²) in [5.74, 6) is 0. The van der Waals surface area contributed by atoms with Crippen LogP contribution in [-0.4, -0.2) is 31.7 Å². The average Bonchev–Trinajstić information content (AvgIpc) is 2.55. The van der Waals surface area contributed by atoms with E-state index in [0.29, 0.717) is 0 Å². The quantitative estimate of drug-likeness (QED) is 0.167. The number of nitrogens with zero attached hydrogens (tertiary/aromatic N) is 1. The molecule has 24 heavy (non-hydrogen) atoms. The van der Waals surface area contributed by atoms with E-state index in [1.165, 1.54) is 127 Å². The Morgan fingerprint density at radius 2 is 0.625 bits per heavy atom. The molecule has 0 radical (unpaired) electrons. The van der Waals surface area contributed by atoms with Crippen molar-refractivity contribution in [2.24, 2.45) is 0 Å². The molecule has 0 heterocycles. The van der Waals surface area contributed by atoms with Crippen molar-refractivity contribution in [3.8, 4) is 0 Å². The van der Waals surface area contributed by atoms with Gasteiger partial charge >= 0.3 is 0 Å². The van der Waals surface area contributed by atoms with Crippen molar-refractivity contribution in [1.29, 1.82) is 0 Å². The second-order valence-electron chi connectivity index (χ2n) is 8.69. The largest absolute Gasteiger partial charge is 0.328 e. The van der Waals surface area contributed by atoms with Gasteiger partial charge in [0.2, 0.25) is 0 Å². The van der Waals surface area contributed by atoms with Gasteiger partial charge in [0, 0.05) is 0 Å². The second kappa shape index (κ2) is 17.8. The molecule has 0 aromatic carbocycles. The van der Waals surface area contributed by atoms with Gasteiger partial charge in [0.15, 0.2) is 0 Å². The predicted molar refractivity (Wildman–Crippen MR) is 112 cm³/mol. The van der Waals surface area contributed by atoms with E-state index in [9.17, 15) is 0 Å². The molecule has 0 unspecified atom stereocenters. The Labute approximate surface area is 155 Å². The van der Waals surface area contributed by atoms with Gasteiger partial charge in [-0.2, -0.15) is 0 Å². The summed E-state index contributed by atoms with van der Waals surface area (Å²) in [5, 5.41) is 0. The maximum Gasteiger partial charge on any atom is 0.0782 e. The lowest BCUT2D eigenvalue weighted by molar-refractivity contribution is -0.890. The topological polar surface area (TPSA) is 0 Å². The molecule has 0 fully saturated rings. The first-order valence-electron chi connectivity index (χ1n) is 11.4. The predicted octanol–water partition coefficient (Wildman–Crippen LogP) is 7.73. The number of quaternary nitrogens is 1. The van der Waals surface area contributed by atoms with Gasteiger partial charge in [-0.1, -0.05) is 97.3 Å². The van der Waals surface area contributed by atoms with Crippen LogP contribution >= 0.6 is 0 Å². The normalized spacial score (nSPS) is 12.0. The highest BCUT2D eigenvalue weighted by Crippen LogP contribution is 2.13. The highest BCUT2D eigenvalue weighted by molar-refractivity contribution is 4.49.